The Labute approximate surface area is 240 Å². The first kappa shape index (κ1) is 29.7. The second kappa shape index (κ2) is 11.5. The quantitative estimate of drug-likeness (QED) is 0.165. The number of fused-ring (bicyclic) bond motifs is 1. The van der Waals surface area contributed by atoms with Gasteiger partial charge in [-0.05, 0) is 31.9 Å². The fourth-order valence-corrected chi connectivity index (χ4v) is 6.13. The Bertz CT molecular complexity index is 1550. The molecule has 0 bridgehead atoms. The lowest BCUT2D eigenvalue weighted by atomic mass is 9.97. The first-order valence-electron chi connectivity index (χ1n) is 13.1. The fourth-order valence-electron chi connectivity index (χ4n) is 4.63. The Morgan fingerprint density at radius 2 is 2.12 bits per heavy atom. The second-order valence-corrected chi connectivity index (χ2v) is 11.7. The fraction of sp³-hybridized carbons (Fsp3) is 0.462. The molecule has 224 valence electrons. The number of imidazole rings is 1. The molecule has 0 amide bonds. The molecular formula is C26H31FN7O7P. The van der Waals surface area contributed by atoms with Crippen molar-refractivity contribution in [2.75, 3.05) is 31.4 Å². The lowest BCUT2D eigenvalue weighted by Crippen LogP contribution is -2.42. The number of ether oxygens (including phenoxy) is 2. The summed E-state index contributed by atoms with van der Waals surface area (Å²) in [6, 6.07) is 7.21. The van der Waals surface area contributed by atoms with Crippen LogP contribution in [0.1, 0.15) is 26.0 Å². The molecule has 16 heteroatoms. The zero-order valence-electron chi connectivity index (χ0n) is 23.1. The largest absolute Gasteiger partial charge is 0.468 e. The molecule has 3 heterocycles. The Kier molecular flexibility index (Phi) is 8.10. The van der Waals surface area contributed by atoms with Gasteiger partial charge in [0.2, 0.25) is 11.6 Å². The minimum Gasteiger partial charge on any atom is -0.468 e. The van der Waals surface area contributed by atoms with Crippen LogP contribution in [0.2, 0.25) is 0 Å². The third kappa shape index (κ3) is 5.64. The van der Waals surface area contributed by atoms with E-state index in [2.05, 4.69) is 24.8 Å². The number of aromatic nitrogens is 4. The molecule has 1 saturated heterocycles. The average molecular weight is 604 g/mol. The highest BCUT2D eigenvalue weighted by Gasteiger charge is 2.58. The number of methoxy groups -OCH3 is 1. The van der Waals surface area contributed by atoms with Crippen molar-refractivity contribution < 1.29 is 37.4 Å². The third-order valence-corrected chi connectivity index (χ3v) is 8.70. The lowest BCUT2D eigenvalue weighted by molar-refractivity contribution is -0.142. The van der Waals surface area contributed by atoms with Gasteiger partial charge < -0.3 is 29.7 Å². The standard InChI is InChI=1S/C26H31FN7O7P/c1-5-26(27)20(35)18(13-39-42(37,32-15(2)23(36)38-4)41-17-9-7-6-8-10-17)40-24(26)34-14-29-19-21(33(3)16-11-12-16)30-25(28)31-22(19)34/h1,6-10,14-16,18,20,24,35H,11-13H2,2-4H3,(H,32,37)(H2,28,30,31)/t15-,18+,20+,24+,26+,42?/m0/s1. The molecule has 2 aliphatic rings. The molecule has 6 atom stereocenters. The van der Waals surface area contributed by atoms with E-state index in [0.29, 0.717) is 11.3 Å². The maximum absolute atomic E-state index is 16.3. The summed E-state index contributed by atoms with van der Waals surface area (Å²) < 4.78 is 52.9. The normalized spacial score (nSPS) is 25.9. The van der Waals surface area contributed by atoms with Gasteiger partial charge in [0.05, 0.1) is 20.0 Å². The van der Waals surface area contributed by atoms with Gasteiger partial charge in [0.15, 0.2) is 23.2 Å². The number of hydrogen-bond acceptors (Lipinski definition) is 12. The van der Waals surface area contributed by atoms with Crippen LogP contribution in [0.4, 0.5) is 16.2 Å². The van der Waals surface area contributed by atoms with E-state index in [0.717, 1.165) is 12.8 Å². The number of aliphatic hydroxyl groups excluding tert-OH is 1. The van der Waals surface area contributed by atoms with Gasteiger partial charge in [-0.15, -0.1) is 6.42 Å². The van der Waals surface area contributed by atoms with Gasteiger partial charge in [-0.1, -0.05) is 24.1 Å². The third-order valence-electron chi connectivity index (χ3n) is 7.05. The molecule has 1 aliphatic heterocycles. The number of para-hydroxylation sites is 1. The molecule has 42 heavy (non-hydrogen) atoms. The van der Waals surface area contributed by atoms with E-state index in [-0.39, 0.29) is 23.4 Å². The van der Waals surface area contributed by atoms with Crippen LogP contribution in [0.15, 0.2) is 36.7 Å². The average Bonchev–Trinajstić information content (AvgIpc) is 3.70. The smallest absolute Gasteiger partial charge is 0.459 e. The number of carbonyl (C=O) groups is 1. The molecule has 1 aromatic carbocycles. The monoisotopic (exact) mass is 603 g/mol. The predicted octanol–water partition coefficient (Wildman–Crippen LogP) is 1.96. The lowest BCUT2D eigenvalue weighted by Gasteiger charge is -2.24. The van der Waals surface area contributed by atoms with Crippen molar-refractivity contribution >= 4 is 36.6 Å². The topological polar surface area (TPSA) is 176 Å². The summed E-state index contributed by atoms with van der Waals surface area (Å²) in [5, 5.41) is 13.5. The number of halogens is 1. The van der Waals surface area contributed by atoms with E-state index in [4.69, 9.17) is 25.9 Å². The van der Waals surface area contributed by atoms with Crippen LogP contribution in [-0.4, -0.2) is 81.3 Å². The first-order valence-corrected chi connectivity index (χ1v) is 14.6. The SMILES string of the molecule is C#C[C@@]1(F)[C@H](O)[C@@H](COP(=O)(N[C@@H](C)C(=O)OC)Oc2ccccc2)O[C@H]1n1cnc2c(N(C)C3CC3)nc(N)nc21. The summed E-state index contributed by atoms with van der Waals surface area (Å²) in [7, 11) is -1.30. The molecule has 2 aromatic heterocycles. The van der Waals surface area contributed by atoms with E-state index in [9.17, 15) is 14.5 Å². The van der Waals surface area contributed by atoms with Crippen LogP contribution in [0.5, 0.6) is 5.75 Å². The molecule has 1 unspecified atom stereocenters. The number of carbonyl (C=O) groups excluding carboxylic acids is 1. The van der Waals surface area contributed by atoms with Crippen LogP contribution < -0.4 is 20.2 Å². The minimum atomic E-state index is -4.32. The van der Waals surface area contributed by atoms with E-state index >= 15 is 4.39 Å². The Morgan fingerprint density at radius 3 is 2.76 bits per heavy atom. The van der Waals surface area contributed by atoms with Crippen molar-refractivity contribution in [1.82, 2.24) is 24.6 Å². The van der Waals surface area contributed by atoms with E-state index in [1.54, 1.807) is 18.2 Å². The number of rotatable bonds is 11. The van der Waals surface area contributed by atoms with Crippen molar-refractivity contribution in [2.45, 2.75) is 56.0 Å². The molecular weight excluding hydrogens is 572 g/mol. The van der Waals surface area contributed by atoms with Gasteiger partial charge in [-0.3, -0.25) is 13.9 Å². The Morgan fingerprint density at radius 1 is 1.40 bits per heavy atom. The molecule has 0 radical (unpaired) electrons. The van der Waals surface area contributed by atoms with Gasteiger partial charge >= 0.3 is 13.7 Å². The molecule has 14 nitrogen and oxygen atoms in total. The number of alkyl halides is 1. The maximum Gasteiger partial charge on any atom is 0.459 e. The summed E-state index contributed by atoms with van der Waals surface area (Å²) in [5.74, 6) is 1.81. The van der Waals surface area contributed by atoms with Crippen molar-refractivity contribution in [2.24, 2.45) is 0 Å². The van der Waals surface area contributed by atoms with Crippen molar-refractivity contribution in [3.8, 4) is 18.1 Å². The number of esters is 1. The summed E-state index contributed by atoms with van der Waals surface area (Å²) in [6.45, 7) is 0.750. The zero-order chi connectivity index (χ0) is 30.2. The number of terminal acetylenes is 1. The number of aliphatic hydroxyl groups is 1. The van der Waals surface area contributed by atoms with Gasteiger partial charge in [0.25, 0.3) is 0 Å². The number of nitrogens with one attached hydrogen (secondary N) is 1. The summed E-state index contributed by atoms with van der Waals surface area (Å²) in [4.78, 5) is 26.8. The number of benzene rings is 1. The number of nitrogen functional groups attached to an aromatic ring is 1. The second-order valence-electron chi connectivity index (χ2n) is 10.0. The van der Waals surface area contributed by atoms with E-state index < -0.39 is 50.5 Å². The van der Waals surface area contributed by atoms with Gasteiger partial charge in [-0.25, -0.2) is 13.9 Å². The summed E-state index contributed by atoms with van der Waals surface area (Å²) in [6.07, 6.45) is 3.85. The maximum atomic E-state index is 16.3. The summed E-state index contributed by atoms with van der Waals surface area (Å²) in [5.41, 5.74) is 3.69. The highest BCUT2D eigenvalue weighted by molar-refractivity contribution is 7.52. The predicted molar refractivity (Wildman–Crippen MR) is 149 cm³/mol. The number of nitrogens with zero attached hydrogens (tertiary/aromatic N) is 5. The van der Waals surface area contributed by atoms with Crippen molar-refractivity contribution in [3.63, 3.8) is 0 Å². The molecule has 1 aliphatic carbocycles. The highest BCUT2D eigenvalue weighted by atomic mass is 31.2. The molecule has 2 fully saturated rings. The van der Waals surface area contributed by atoms with Crippen molar-refractivity contribution in [3.05, 3.63) is 36.7 Å². The number of hydrogen-bond donors (Lipinski definition) is 3. The zero-order valence-corrected chi connectivity index (χ0v) is 24.0. The Hall–Kier alpha value is -3.80. The minimum absolute atomic E-state index is 0.0693. The molecule has 5 rings (SSSR count). The van der Waals surface area contributed by atoms with Crippen LogP contribution in [-0.2, 0) is 23.4 Å². The Balaban J connectivity index is 1.41. The molecule has 0 spiro atoms. The van der Waals surface area contributed by atoms with Crippen LogP contribution in [0, 0.1) is 12.3 Å². The van der Waals surface area contributed by atoms with E-state index in [1.165, 1.54) is 37.1 Å². The first-order chi connectivity index (χ1) is 20.0. The van der Waals surface area contributed by atoms with Crippen molar-refractivity contribution in [1.29, 1.82) is 0 Å². The van der Waals surface area contributed by atoms with Gasteiger partial charge in [0, 0.05) is 13.1 Å². The molecule has 4 N–H and O–H groups in total. The van der Waals surface area contributed by atoms with Gasteiger partial charge in [-0.2, -0.15) is 15.1 Å². The number of nitrogens with two attached hydrogens (primary N) is 1. The van der Waals surface area contributed by atoms with Crippen LogP contribution >= 0.6 is 7.75 Å². The highest BCUT2D eigenvalue weighted by Crippen LogP contribution is 2.48. The van der Waals surface area contributed by atoms with Gasteiger partial charge in [0.1, 0.15) is 24.0 Å². The molecule has 1 saturated carbocycles. The molecule has 3 aromatic rings. The number of anilines is 2. The van der Waals surface area contributed by atoms with Crippen LogP contribution in [0.25, 0.3) is 11.2 Å². The van der Waals surface area contributed by atoms with Crippen LogP contribution in [0.3, 0.4) is 0 Å². The summed E-state index contributed by atoms with van der Waals surface area (Å²) >= 11 is 0. The van der Waals surface area contributed by atoms with E-state index in [1.807, 2.05) is 17.9 Å².